The first-order valence-corrected chi connectivity index (χ1v) is 4.77. The van der Waals surface area contributed by atoms with Gasteiger partial charge in [0, 0.05) is 30.5 Å². The van der Waals surface area contributed by atoms with E-state index in [1.165, 1.54) is 5.56 Å². The van der Waals surface area contributed by atoms with Gasteiger partial charge < -0.3 is 9.84 Å². The molecule has 72 valence electrons. The third kappa shape index (κ3) is 1.48. The van der Waals surface area contributed by atoms with Crippen molar-refractivity contribution in [2.45, 2.75) is 39.2 Å². The number of rotatable bonds is 0. The molecule has 0 spiro atoms. The Bertz CT molecular complexity index is 309. The lowest BCUT2D eigenvalue weighted by molar-refractivity contribution is 0.325. The van der Waals surface area contributed by atoms with Crippen LogP contribution >= 0.6 is 0 Å². The molecule has 3 heteroatoms. The first-order chi connectivity index (χ1) is 6.09. The van der Waals surface area contributed by atoms with Gasteiger partial charge in [-0.2, -0.15) is 0 Å². The Labute approximate surface area is 78.5 Å². The summed E-state index contributed by atoms with van der Waals surface area (Å²) in [6, 6.07) is 0. The molecule has 0 saturated heterocycles. The van der Waals surface area contributed by atoms with Crippen molar-refractivity contribution < 1.29 is 4.52 Å². The van der Waals surface area contributed by atoms with Crippen molar-refractivity contribution in [2.75, 3.05) is 6.54 Å². The maximum absolute atomic E-state index is 5.39. The van der Waals surface area contributed by atoms with Crippen molar-refractivity contribution in [2.24, 2.45) is 0 Å². The summed E-state index contributed by atoms with van der Waals surface area (Å²) in [7, 11) is 0. The van der Waals surface area contributed by atoms with Crippen molar-refractivity contribution in [3.8, 4) is 0 Å². The first-order valence-electron chi connectivity index (χ1n) is 4.77. The van der Waals surface area contributed by atoms with Crippen LogP contribution in [0.5, 0.6) is 0 Å². The Morgan fingerprint density at radius 1 is 1.38 bits per heavy atom. The van der Waals surface area contributed by atoms with Crippen molar-refractivity contribution in [3.05, 3.63) is 17.0 Å². The van der Waals surface area contributed by atoms with Crippen LogP contribution in [0.25, 0.3) is 0 Å². The topological polar surface area (TPSA) is 38.1 Å². The monoisotopic (exact) mass is 180 g/mol. The van der Waals surface area contributed by atoms with Crippen LogP contribution in [0.4, 0.5) is 0 Å². The normalized spacial score (nSPS) is 17.2. The Kier molecular flexibility index (Phi) is 1.91. The summed E-state index contributed by atoms with van der Waals surface area (Å²) >= 11 is 0. The SMILES string of the molecule is CC(C)(C)c1onc2c1CNCC2. The van der Waals surface area contributed by atoms with Gasteiger partial charge in [-0.1, -0.05) is 25.9 Å². The summed E-state index contributed by atoms with van der Waals surface area (Å²) in [5, 5.41) is 7.45. The molecule has 1 aliphatic heterocycles. The van der Waals surface area contributed by atoms with Crippen LogP contribution in [0.1, 0.15) is 37.8 Å². The third-order valence-electron chi connectivity index (χ3n) is 2.39. The second-order valence-electron chi connectivity index (χ2n) is 4.61. The Morgan fingerprint density at radius 2 is 2.15 bits per heavy atom. The van der Waals surface area contributed by atoms with Gasteiger partial charge in [0.2, 0.25) is 0 Å². The van der Waals surface area contributed by atoms with Gasteiger partial charge in [-0.3, -0.25) is 0 Å². The highest BCUT2D eigenvalue weighted by molar-refractivity contribution is 5.29. The standard InChI is InChI=1S/C10H16N2O/c1-10(2,3)9-7-6-11-5-4-8(7)12-13-9/h11H,4-6H2,1-3H3. The lowest BCUT2D eigenvalue weighted by Gasteiger charge is -2.18. The molecule has 0 radical (unpaired) electrons. The molecule has 1 aliphatic rings. The van der Waals surface area contributed by atoms with Crippen molar-refractivity contribution in [1.82, 2.24) is 10.5 Å². The fourth-order valence-electron chi connectivity index (χ4n) is 1.73. The summed E-state index contributed by atoms with van der Waals surface area (Å²) in [6.45, 7) is 8.39. The fourth-order valence-corrected chi connectivity index (χ4v) is 1.73. The predicted molar refractivity (Wildman–Crippen MR) is 50.6 cm³/mol. The predicted octanol–water partition coefficient (Wildman–Crippen LogP) is 1.62. The van der Waals surface area contributed by atoms with Gasteiger partial charge in [-0.25, -0.2) is 0 Å². The third-order valence-corrected chi connectivity index (χ3v) is 2.39. The summed E-state index contributed by atoms with van der Waals surface area (Å²) in [4.78, 5) is 0. The van der Waals surface area contributed by atoms with Crippen LogP contribution in [-0.2, 0) is 18.4 Å². The molecular weight excluding hydrogens is 164 g/mol. The Morgan fingerprint density at radius 3 is 2.85 bits per heavy atom. The molecule has 1 aromatic heterocycles. The maximum Gasteiger partial charge on any atom is 0.146 e. The van der Waals surface area contributed by atoms with E-state index in [1.807, 2.05) is 0 Å². The number of hydrogen-bond acceptors (Lipinski definition) is 3. The van der Waals surface area contributed by atoms with Crippen LogP contribution in [0.3, 0.4) is 0 Å². The molecule has 0 fully saturated rings. The molecule has 13 heavy (non-hydrogen) atoms. The quantitative estimate of drug-likeness (QED) is 0.659. The minimum Gasteiger partial charge on any atom is -0.360 e. The van der Waals surface area contributed by atoms with E-state index in [4.69, 9.17) is 4.52 Å². The van der Waals surface area contributed by atoms with Gasteiger partial charge in [0.25, 0.3) is 0 Å². The second kappa shape index (κ2) is 2.84. The van der Waals surface area contributed by atoms with E-state index in [9.17, 15) is 0 Å². The highest BCUT2D eigenvalue weighted by Crippen LogP contribution is 2.29. The van der Waals surface area contributed by atoms with Gasteiger partial charge in [-0.05, 0) is 0 Å². The molecule has 3 nitrogen and oxygen atoms in total. The summed E-state index contributed by atoms with van der Waals surface area (Å²) in [5.41, 5.74) is 2.49. The number of nitrogens with one attached hydrogen (secondary N) is 1. The van der Waals surface area contributed by atoms with E-state index in [0.717, 1.165) is 31.0 Å². The van der Waals surface area contributed by atoms with Crippen LogP contribution in [-0.4, -0.2) is 11.7 Å². The molecule has 2 rings (SSSR count). The molecule has 1 N–H and O–H groups in total. The van der Waals surface area contributed by atoms with E-state index in [-0.39, 0.29) is 5.41 Å². The van der Waals surface area contributed by atoms with Crippen molar-refractivity contribution >= 4 is 0 Å². The van der Waals surface area contributed by atoms with Gasteiger partial charge >= 0.3 is 0 Å². The highest BCUT2D eigenvalue weighted by atomic mass is 16.5. The highest BCUT2D eigenvalue weighted by Gasteiger charge is 2.27. The zero-order valence-electron chi connectivity index (χ0n) is 8.48. The largest absolute Gasteiger partial charge is 0.360 e. The first kappa shape index (κ1) is 8.75. The second-order valence-corrected chi connectivity index (χ2v) is 4.61. The molecule has 0 amide bonds. The molecule has 2 heterocycles. The van der Waals surface area contributed by atoms with Crippen molar-refractivity contribution in [1.29, 1.82) is 0 Å². The van der Waals surface area contributed by atoms with Crippen LogP contribution < -0.4 is 5.32 Å². The number of fused-ring (bicyclic) bond motifs is 1. The molecule has 0 atom stereocenters. The van der Waals surface area contributed by atoms with E-state index >= 15 is 0 Å². The number of aromatic nitrogens is 1. The lowest BCUT2D eigenvalue weighted by atomic mass is 9.88. The van der Waals surface area contributed by atoms with Gasteiger partial charge in [0.05, 0.1) is 5.69 Å². The van der Waals surface area contributed by atoms with Crippen LogP contribution in [0, 0.1) is 0 Å². The van der Waals surface area contributed by atoms with E-state index in [1.54, 1.807) is 0 Å². The maximum atomic E-state index is 5.39. The molecule has 0 saturated carbocycles. The minimum atomic E-state index is 0.0691. The molecule has 0 aliphatic carbocycles. The Hall–Kier alpha value is -0.830. The molecular formula is C10H16N2O. The summed E-state index contributed by atoms with van der Waals surface area (Å²) in [5.74, 6) is 1.04. The summed E-state index contributed by atoms with van der Waals surface area (Å²) in [6.07, 6.45) is 0.995. The molecule has 0 bridgehead atoms. The molecule has 0 aromatic carbocycles. The number of hydrogen-bond donors (Lipinski definition) is 1. The average molecular weight is 180 g/mol. The zero-order chi connectivity index (χ0) is 9.47. The van der Waals surface area contributed by atoms with Gasteiger partial charge in [0.1, 0.15) is 5.76 Å². The fraction of sp³-hybridized carbons (Fsp3) is 0.700. The summed E-state index contributed by atoms with van der Waals surface area (Å²) < 4.78 is 5.39. The van der Waals surface area contributed by atoms with E-state index in [0.29, 0.717) is 0 Å². The molecule has 1 aromatic rings. The minimum absolute atomic E-state index is 0.0691. The number of nitrogens with zero attached hydrogens (tertiary/aromatic N) is 1. The van der Waals surface area contributed by atoms with Crippen LogP contribution in [0.15, 0.2) is 4.52 Å². The average Bonchev–Trinajstić information content (AvgIpc) is 2.45. The van der Waals surface area contributed by atoms with E-state index in [2.05, 4.69) is 31.2 Å². The lowest BCUT2D eigenvalue weighted by Crippen LogP contribution is -2.25. The zero-order valence-corrected chi connectivity index (χ0v) is 8.48. The Balaban J connectivity index is 2.43. The van der Waals surface area contributed by atoms with Crippen LogP contribution in [0.2, 0.25) is 0 Å². The molecule has 0 unspecified atom stereocenters. The van der Waals surface area contributed by atoms with E-state index < -0.39 is 0 Å². The smallest absolute Gasteiger partial charge is 0.146 e. The van der Waals surface area contributed by atoms with Gasteiger partial charge in [-0.15, -0.1) is 0 Å². The van der Waals surface area contributed by atoms with Gasteiger partial charge in [0.15, 0.2) is 0 Å². The van der Waals surface area contributed by atoms with Crippen molar-refractivity contribution in [3.63, 3.8) is 0 Å².